The third kappa shape index (κ3) is 4.03. The van der Waals surface area contributed by atoms with Gasteiger partial charge in [0.1, 0.15) is 5.82 Å². The predicted octanol–water partition coefficient (Wildman–Crippen LogP) is 2.86. The number of halogens is 1. The Hall–Kier alpha value is -1.42. The molecular formula is C17H22FNO2. The maximum Gasteiger partial charge on any atom is 0.223 e. The number of rotatable bonds is 8. The normalized spacial score (nSPS) is 23.9. The van der Waals surface area contributed by atoms with E-state index in [0.29, 0.717) is 18.7 Å². The minimum Gasteiger partial charge on any atom is -0.381 e. The van der Waals surface area contributed by atoms with Gasteiger partial charge in [0, 0.05) is 25.7 Å². The van der Waals surface area contributed by atoms with Crippen molar-refractivity contribution in [1.29, 1.82) is 0 Å². The summed E-state index contributed by atoms with van der Waals surface area (Å²) in [5.74, 6) is 0.621. The van der Waals surface area contributed by atoms with Crippen molar-refractivity contribution in [2.24, 2.45) is 11.8 Å². The van der Waals surface area contributed by atoms with E-state index in [2.05, 4.69) is 5.32 Å². The number of benzene rings is 1. The fourth-order valence-electron chi connectivity index (χ4n) is 2.66. The number of hydrogen-bond donors (Lipinski definition) is 1. The van der Waals surface area contributed by atoms with E-state index >= 15 is 0 Å². The quantitative estimate of drug-likeness (QED) is 0.748. The fraction of sp³-hybridized carbons (Fsp3) is 0.588. The molecule has 2 unspecified atom stereocenters. The van der Waals surface area contributed by atoms with E-state index in [0.717, 1.165) is 25.4 Å². The molecule has 0 bridgehead atoms. The van der Waals surface area contributed by atoms with E-state index in [4.69, 9.17) is 4.74 Å². The molecule has 0 aromatic heterocycles. The van der Waals surface area contributed by atoms with Crippen molar-refractivity contribution in [3.63, 3.8) is 0 Å². The Morgan fingerprint density at radius 3 is 2.90 bits per heavy atom. The standard InChI is InChI=1S/C17H22FNO2/c18-16-5-2-1-4-13(16)14-10-15(14)17(20)19-8-3-9-21-11-12-6-7-12/h1-2,4-5,12,14-15H,3,6-11H2,(H,19,20). The maximum absolute atomic E-state index is 13.6. The average molecular weight is 291 g/mol. The molecule has 21 heavy (non-hydrogen) atoms. The van der Waals surface area contributed by atoms with Gasteiger partial charge in [-0.1, -0.05) is 18.2 Å². The molecule has 2 atom stereocenters. The largest absolute Gasteiger partial charge is 0.381 e. The number of ether oxygens (including phenoxy) is 1. The van der Waals surface area contributed by atoms with Gasteiger partial charge >= 0.3 is 0 Å². The minimum absolute atomic E-state index is 0.0467. The van der Waals surface area contributed by atoms with Crippen LogP contribution in [-0.2, 0) is 9.53 Å². The van der Waals surface area contributed by atoms with Gasteiger partial charge in [-0.3, -0.25) is 4.79 Å². The van der Waals surface area contributed by atoms with Gasteiger partial charge in [-0.2, -0.15) is 0 Å². The van der Waals surface area contributed by atoms with Gasteiger partial charge in [0.15, 0.2) is 0 Å². The number of amides is 1. The lowest BCUT2D eigenvalue weighted by Gasteiger charge is -2.06. The topological polar surface area (TPSA) is 38.3 Å². The lowest BCUT2D eigenvalue weighted by molar-refractivity contribution is -0.122. The van der Waals surface area contributed by atoms with Gasteiger partial charge in [-0.15, -0.1) is 0 Å². The van der Waals surface area contributed by atoms with E-state index in [9.17, 15) is 9.18 Å². The third-order valence-electron chi connectivity index (χ3n) is 4.25. The van der Waals surface area contributed by atoms with Crippen LogP contribution in [0.5, 0.6) is 0 Å². The van der Waals surface area contributed by atoms with Crippen molar-refractivity contribution in [2.75, 3.05) is 19.8 Å². The molecule has 0 aliphatic heterocycles. The molecule has 1 N–H and O–H groups in total. The van der Waals surface area contributed by atoms with Crippen molar-refractivity contribution in [1.82, 2.24) is 5.32 Å². The zero-order chi connectivity index (χ0) is 14.7. The van der Waals surface area contributed by atoms with Crippen molar-refractivity contribution in [3.8, 4) is 0 Å². The molecule has 0 saturated heterocycles. The molecule has 4 heteroatoms. The molecule has 2 fully saturated rings. The summed E-state index contributed by atoms with van der Waals surface area (Å²) in [6.07, 6.45) is 4.20. The van der Waals surface area contributed by atoms with Gasteiger partial charge in [-0.25, -0.2) is 4.39 Å². The molecule has 3 rings (SSSR count). The first-order valence-corrected chi connectivity index (χ1v) is 7.85. The Morgan fingerprint density at radius 1 is 1.33 bits per heavy atom. The molecule has 1 aromatic carbocycles. The van der Waals surface area contributed by atoms with Crippen LogP contribution in [0.4, 0.5) is 4.39 Å². The number of carbonyl (C=O) groups excluding carboxylic acids is 1. The van der Waals surface area contributed by atoms with E-state index in [-0.39, 0.29) is 23.6 Å². The first-order chi connectivity index (χ1) is 10.3. The van der Waals surface area contributed by atoms with Gasteiger partial charge in [0.05, 0.1) is 0 Å². The molecule has 3 nitrogen and oxygen atoms in total. The fourth-order valence-corrected chi connectivity index (χ4v) is 2.66. The molecule has 1 amide bonds. The molecule has 114 valence electrons. The van der Waals surface area contributed by atoms with Crippen LogP contribution in [0.15, 0.2) is 24.3 Å². The molecule has 2 aliphatic carbocycles. The van der Waals surface area contributed by atoms with Crippen LogP contribution in [0.25, 0.3) is 0 Å². The summed E-state index contributed by atoms with van der Waals surface area (Å²) in [5, 5.41) is 2.93. The Morgan fingerprint density at radius 2 is 2.14 bits per heavy atom. The summed E-state index contributed by atoms with van der Waals surface area (Å²) in [7, 11) is 0. The number of carbonyl (C=O) groups is 1. The third-order valence-corrected chi connectivity index (χ3v) is 4.25. The highest BCUT2D eigenvalue weighted by Crippen LogP contribution is 2.48. The SMILES string of the molecule is O=C(NCCCOCC1CC1)C1CC1c1ccccc1F. The second-order valence-electron chi connectivity index (χ2n) is 6.13. The van der Waals surface area contributed by atoms with E-state index in [1.54, 1.807) is 12.1 Å². The summed E-state index contributed by atoms with van der Waals surface area (Å²) in [6, 6.07) is 6.74. The highest BCUT2D eigenvalue weighted by Gasteiger charge is 2.44. The smallest absolute Gasteiger partial charge is 0.223 e. The minimum atomic E-state index is -0.203. The van der Waals surface area contributed by atoms with Crippen molar-refractivity contribution in [3.05, 3.63) is 35.6 Å². The summed E-state index contributed by atoms with van der Waals surface area (Å²) in [4.78, 5) is 12.0. The molecule has 2 aliphatic rings. The zero-order valence-corrected chi connectivity index (χ0v) is 12.2. The highest BCUT2D eigenvalue weighted by molar-refractivity contribution is 5.82. The van der Waals surface area contributed by atoms with Gasteiger partial charge < -0.3 is 10.1 Å². The monoisotopic (exact) mass is 291 g/mol. The lowest BCUT2D eigenvalue weighted by atomic mass is 10.1. The molecule has 0 radical (unpaired) electrons. The molecular weight excluding hydrogens is 269 g/mol. The average Bonchev–Trinajstić information content (AvgIpc) is 3.36. The second-order valence-corrected chi connectivity index (χ2v) is 6.13. The zero-order valence-electron chi connectivity index (χ0n) is 12.2. The summed E-state index contributed by atoms with van der Waals surface area (Å²) in [5.41, 5.74) is 0.672. The van der Waals surface area contributed by atoms with E-state index in [1.807, 2.05) is 6.07 Å². The molecule has 0 heterocycles. The maximum atomic E-state index is 13.6. The number of hydrogen-bond acceptors (Lipinski definition) is 2. The Labute approximate surface area is 124 Å². The first-order valence-electron chi connectivity index (χ1n) is 7.85. The van der Waals surface area contributed by atoms with Gasteiger partial charge in [0.25, 0.3) is 0 Å². The number of nitrogens with one attached hydrogen (secondary N) is 1. The van der Waals surface area contributed by atoms with E-state index in [1.165, 1.54) is 18.9 Å². The van der Waals surface area contributed by atoms with Crippen molar-refractivity contribution < 1.29 is 13.9 Å². The second kappa shape index (κ2) is 6.56. The highest BCUT2D eigenvalue weighted by atomic mass is 19.1. The van der Waals surface area contributed by atoms with Crippen LogP contribution in [0.1, 0.15) is 37.2 Å². The van der Waals surface area contributed by atoms with Crippen LogP contribution < -0.4 is 5.32 Å². The first kappa shape index (κ1) is 14.5. The van der Waals surface area contributed by atoms with Crippen LogP contribution in [0.2, 0.25) is 0 Å². The Bertz CT molecular complexity index is 501. The van der Waals surface area contributed by atoms with Gasteiger partial charge in [0.2, 0.25) is 5.91 Å². The van der Waals surface area contributed by atoms with Crippen LogP contribution in [0, 0.1) is 17.7 Å². The Kier molecular flexibility index (Phi) is 4.54. The summed E-state index contributed by atoms with van der Waals surface area (Å²) in [6.45, 7) is 2.22. The van der Waals surface area contributed by atoms with Crippen LogP contribution in [0.3, 0.4) is 0 Å². The van der Waals surface area contributed by atoms with Crippen LogP contribution >= 0.6 is 0 Å². The van der Waals surface area contributed by atoms with Gasteiger partial charge in [-0.05, 0) is 49.1 Å². The van der Waals surface area contributed by atoms with Crippen LogP contribution in [-0.4, -0.2) is 25.7 Å². The van der Waals surface area contributed by atoms with Crippen molar-refractivity contribution in [2.45, 2.75) is 31.6 Å². The summed E-state index contributed by atoms with van der Waals surface area (Å²) >= 11 is 0. The summed E-state index contributed by atoms with van der Waals surface area (Å²) < 4.78 is 19.2. The van der Waals surface area contributed by atoms with E-state index < -0.39 is 0 Å². The predicted molar refractivity (Wildman–Crippen MR) is 78.4 cm³/mol. The lowest BCUT2D eigenvalue weighted by Crippen LogP contribution is -2.27. The molecule has 0 spiro atoms. The molecule has 1 aromatic rings. The Balaban J connectivity index is 1.32. The molecule has 2 saturated carbocycles. The van der Waals surface area contributed by atoms with Crippen molar-refractivity contribution >= 4 is 5.91 Å².